The Bertz CT molecular complexity index is 3020. The number of amides is 13. The summed E-state index contributed by atoms with van der Waals surface area (Å²) in [5.74, 6) is -16.9. The summed E-state index contributed by atoms with van der Waals surface area (Å²) < 4.78 is 5.48. The van der Waals surface area contributed by atoms with E-state index in [1.165, 1.54) is 44.2 Å². The number of nitrogens with one attached hydrogen (secondary N) is 12. The molecule has 572 valence electrons. The van der Waals surface area contributed by atoms with Crippen LogP contribution in [0.25, 0.3) is 0 Å². The maximum absolute atomic E-state index is 15.7. The van der Waals surface area contributed by atoms with Crippen LogP contribution in [0.3, 0.4) is 0 Å². The summed E-state index contributed by atoms with van der Waals surface area (Å²) >= 11 is 0. The van der Waals surface area contributed by atoms with Crippen LogP contribution in [-0.4, -0.2) is 207 Å². The lowest BCUT2D eigenvalue weighted by molar-refractivity contribution is -0.141. The maximum atomic E-state index is 15.7. The van der Waals surface area contributed by atoms with Crippen molar-refractivity contribution in [1.82, 2.24) is 63.8 Å². The van der Waals surface area contributed by atoms with Crippen LogP contribution in [0.5, 0.6) is 0 Å². The van der Waals surface area contributed by atoms with Crippen molar-refractivity contribution < 1.29 is 87.5 Å². The number of rotatable bonds is 22. The second-order valence-electron chi connectivity index (χ2n) is 29.5. The molecule has 0 saturated carbocycles. The van der Waals surface area contributed by atoms with Gasteiger partial charge in [-0.15, -0.1) is 0 Å². The first-order valence-corrected chi connectivity index (χ1v) is 33.5. The monoisotopic (exact) mass is 1430 g/mol. The number of aliphatic hydroxyl groups is 4. The lowest BCUT2D eigenvalue weighted by atomic mass is 9.86. The third kappa shape index (κ3) is 30.9. The highest BCUT2D eigenvalue weighted by atomic mass is 16.6. The molecule has 0 radical (unpaired) electrons. The summed E-state index contributed by atoms with van der Waals surface area (Å²) in [6.45, 7) is 25.8. The molecule has 1 aromatic carbocycles. The van der Waals surface area contributed by atoms with Gasteiger partial charge in [0.2, 0.25) is 70.9 Å². The third-order valence-corrected chi connectivity index (χ3v) is 15.8. The molecule has 2 rings (SSSR count). The van der Waals surface area contributed by atoms with Crippen molar-refractivity contribution in [2.45, 2.75) is 260 Å². The van der Waals surface area contributed by atoms with Gasteiger partial charge in [0.1, 0.15) is 72.1 Å². The highest BCUT2D eigenvalue weighted by Gasteiger charge is 2.44. The zero-order valence-electron chi connectivity index (χ0n) is 60.6. The van der Waals surface area contributed by atoms with E-state index in [2.05, 4.69) is 68.8 Å². The topological polar surface area (TPSA) is 547 Å². The van der Waals surface area contributed by atoms with E-state index in [1.807, 2.05) is 0 Å². The zero-order chi connectivity index (χ0) is 76.6. The number of ether oxygens (including phenoxy) is 1. The molecule has 0 aromatic heterocycles. The molecule has 0 aliphatic carbocycles. The fraction of sp³-hybridized carbons (Fsp3) is 0.701. The van der Waals surface area contributed by atoms with Gasteiger partial charge in [0.05, 0.1) is 24.9 Å². The van der Waals surface area contributed by atoms with Crippen LogP contribution in [0.15, 0.2) is 35.3 Å². The Hall–Kier alpha value is -8.76. The Kier molecular flexibility index (Phi) is 36.3. The molecule has 0 spiro atoms. The average Bonchev–Trinajstić information content (AvgIpc) is 0.810. The first-order chi connectivity index (χ1) is 46.1. The van der Waals surface area contributed by atoms with Crippen molar-refractivity contribution in [3.05, 3.63) is 35.9 Å². The molecule has 1 saturated heterocycles. The number of hydrogen-bond donors (Lipinski definition) is 19. The lowest BCUT2D eigenvalue weighted by Crippen LogP contribution is -2.65. The standard InChI is InChI=1S/C66H112N16O18.CH4/c1-18-33(6)42-57(94)78-43(35(8)84)58(95)71-34(7)51(88)81-47(49(86)50(67)87)61(98)75-41(30-83)56(93)79-44(36-23-20-19-21-24-36)45(80-55(92)39(28-64(9,10)11)74-54(91)40(29-65(12,13)14)76-63(99)100-66(15,16)17)59(96)82-46(48(85)32(4)5)60(97)73-38(27-31(2)3)53(90)72-37(52(89)77-42)25-22-26-70-62(68)69;/h19-21,23-24,31-35,37-49,83-86H,18,22,25-30H2,1-17H3,(H2,67,87)(H,71,95)(H,72,90)(H,73,97)(H,74,91)(H,75,98)(H,76,99)(H,77,89)(H,78,94)(H,79,93)(H,80,92)(H,81,88)(H,82,96)(H4,68,69,70);1H4/t33-,34+,35-,37+,38-,39-,40+,41-,42-,43-,44+,45-,46-,47?,48+,49-;/m0./s1. The molecule has 34 heteroatoms. The van der Waals surface area contributed by atoms with Crippen LogP contribution >= 0.6 is 0 Å². The summed E-state index contributed by atoms with van der Waals surface area (Å²) in [5, 5.41) is 74.5. The number of hydrogen-bond acceptors (Lipinski definition) is 19. The predicted octanol–water partition coefficient (Wildman–Crippen LogP) is -2.49. The summed E-state index contributed by atoms with van der Waals surface area (Å²) in [4.78, 5) is 191. The van der Waals surface area contributed by atoms with Crippen LogP contribution in [0.2, 0.25) is 0 Å². The second-order valence-corrected chi connectivity index (χ2v) is 29.5. The minimum absolute atomic E-state index is 0. The van der Waals surface area contributed by atoms with Crippen molar-refractivity contribution in [2.24, 2.45) is 50.8 Å². The van der Waals surface area contributed by atoms with Crippen LogP contribution in [0.4, 0.5) is 4.79 Å². The van der Waals surface area contributed by atoms with Gasteiger partial charge in [-0.1, -0.05) is 127 Å². The van der Waals surface area contributed by atoms with Gasteiger partial charge in [-0.3, -0.25) is 62.5 Å². The van der Waals surface area contributed by atoms with Gasteiger partial charge in [-0.25, -0.2) is 4.79 Å². The van der Waals surface area contributed by atoms with Crippen LogP contribution in [-0.2, 0) is 62.3 Å². The largest absolute Gasteiger partial charge is 0.444 e. The number of benzene rings is 1. The molecule has 1 aliphatic rings. The molecular weight excluding hydrogens is 1320 g/mol. The SMILES string of the molecule is C.CC[C@H](C)[C@@H]1NC(=O)[C@@H](CCCN=C(N)N)NC(=O)[C@H](CC(C)C)NC(=O)[C@H]([C@H](O)C(C)C)NC(=O)[C@@H](NC(=O)[C@H](CC(C)(C)C)NC(=O)[C@@H](CC(C)(C)C)NC(=O)OC(C)(C)C)[C@@H](c2ccccc2)NC(=O)[C@H](CO)NC(=O)C([C@H](O)C(N)=O)NC(=O)[C@@H](C)NC(=O)[C@H]([C@H](C)O)NC1=O. The maximum Gasteiger partial charge on any atom is 0.408 e. The number of nitrogens with two attached hydrogens (primary N) is 3. The van der Waals surface area contributed by atoms with Crippen molar-refractivity contribution in [3.63, 3.8) is 0 Å². The van der Waals surface area contributed by atoms with Crippen LogP contribution in [0.1, 0.15) is 175 Å². The minimum atomic E-state index is -2.59. The number of nitrogens with zero attached hydrogens (tertiary/aromatic N) is 1. The van der Waals surface area contributed by atoms with Crippen LogP contribution in [0, 0.1) is 28.6 Å². The van der Waals surface area contributed by atoms with Gasteiger partial charge in [0, 0.05) is 6.54 Å². The van der Waals surface area contributed by atoms with E-state index in [9.17, 15) is 68.4 Å². The summed E-state index contributed by atoms with van der Waals surface area (Å²) in [6.07, 6.45) is -7.40. The smallest absolute Gasteiger partial charge is 0.408 e. The minimum Gasteiger partial charge on any atom is -0.444 e. The highest BCUT2D eigenvalue weighted by molar-refractivity contribution is 6.01. The van der Waals surface area contributed by atoms with Crippen molar-refractivity contribution in [2.75, 3.05) is 13.2 Å². The van der Waals surface area contributed by atoms with Gasteiger partial charge in [-0.05, 0) is 101 Å². The van der Waals surface area contributed by atoms with E-state index in [0.717, 1.165) is 13.8 Å². The van der Waals surface area contributed by atoms with E-state index in [1.54, 1.807) is 90.0 Å². The predicted molar refractivity (Wildman–Crippen MR) is 374 cm³/mol. The van der Waals surface area contributed by atoms with Gasteiger partial charge >= 0.3 is 6.09 Å². The molecule has 1 aromatic rings. The fourth-order valence-electron chi connectivity index (χ4n) is 10.3. The van der Waals surface area contributed by atoms with Crippen molar-refractivity contribution in [1.29, 1.82) is 0 Å². The van der Waals surface area contributed by atoms with Crippen molar-refractivity contribution >= 4 is 82.9 Å². The number of primary amides is 1. The van der Waals surface area contributed by atoms with Gasteiger partial charge in [0.15, 0.2) is 12.1 Å². The van der Waals surface area contributed by atoms with E-state index in [0.29, 0.717) is 0 Å². The van der Waals surface area contributed by atoms with E-state index < -0.39 is 209 Å². The number of aliphatic hydroxyl groups excluding tert-OH is 4. The summed E-state index contributed by atoms with van der Waals surface area (Å²) in [7, 11) is 0. The molecule has 101 heavy (non-hydrogen) atoms. The van der Waals surface area contributed by atoms with E-state index in [4.69, 9.17) is 21.9 Å². The van der Waals surface area contributed by atoms with E-state index >= 15 is 14.4 Å². The number of guanidine groups is 1. The first kappa shape index (κ1) is 90.3. The summed E-state index contributed by atoms with van der Waals surface area (Å²) in [6, 6.07) is -14.6. The highest BCUT2D eigenvalue weighted by Crippen LogP contribution is 2.26. The Balaban J connectivity index is 0.0000510. The van der Waals surface area contributed by atoms with E-state index in [-0.39, 0.29) is 64.0 Å². The first-order valence-electron chi connectivity index (χ1n) is 33.5. The molecule has 22 N–H and O–H groups in total. The Morgan fingerprint density at radius 1 is 0.584 bits per heavy atom. The van der Waals surface area contributed by atoms with Gasteiger partial charge in [0.25, 0.3) is 0 Å². The Labute approximate surface area is 592 Å². The normalized spacial score (nSPS) is 24.2. The van der Waals surface area contributed by atoms with Crippen molar-refractivity contribution in [3.8, 4) is 0 Å². The molecule has 34 nitrogen and oxygen atoms in total. The second kappa shape index (κ2) is 40.6. The Morgan fingerprint density at radius 3 is 1.55 bits per heavy atom. The average molecular weight is 1430 g/mol. The van der Waals surface area contributed by atoms with Gasteiger partial charge in [-0.2, -0.15) is 0 Å². The molecule has 13 amide bonds. The zero-order valence-corrected chi connectivity index (χ0v) is 60.6. The molecule has 16 atom stereocenters. The Morgan fingerprint density at radius 2 is 1.06 bits per heavy atom. The fourth-order valence-corrected chi connectivity index (χ4v) is 10.3. The molecule has 1 fully saturated rings. The van der Waals surface area contributed by atoms with Gasteiger partial charge < -0.3 is 106 Å². The number of carbonyl (C=O) groups excluding carboxylic acids is 13. The lowest BCUT2D eigenvalue weighted by Gasteiger charge is -2.35. The molecule has 1 heterocycles. The molecule has 1 unspecified atom stereocenters. The summed E-state index contributed by atoms with van der Waals surface area (Å²) in [5.41, 5.74) is 14.1. The number of alkyl carbamates (subject to hydrolysis) is 1. The number of aliphatic imine (C=N–C) groups is 1. The number of carbonyl (C=O) groups is 13. The molecule has 0 bridgehead atoms. The quantitative estimate of drug-likeness (QED) is 0.0324. The van der Waals surface area contributed by atoms with Crippen LogP contribution < -0.4 is 81.0 Å². The third-order valence-electron chi connectivity index (χ3n) is 15.8. The molecule has 1 aliphatic heterocycles. The molecular formula is C67H116N16O18.